The molecule has 0 atom stereocenters. The fourth-order valence-corrected chi connectivity index (χ4v) is 4.89. The van der Waals surface area contributed by atoms with Crippen LogP contribution < -0.4 is 15.4 Å². The predicted octanol–water partition coefficient (Wildman–Crippen LogP) is 5.68. The summed E-state index contributed by atoms with van der Waals surface area (Å²) in [4.78, 5) is 26.1. The average Bonchev–Trinajstić information content (AvgIpc) is 3.45. The van der Waals surface area contributed by atoms with Crippen molar-refractivity contribution in [2.24, 2.45) is 0 Å². The van der Waals surface area contributed by atoms with Gasteiger partial charge in [-0.1, -0.05) is 18.2 Å². The third kappa shape index (κ3) is 3.76. The molecule has 0 amide bonds. The minimum Gasteiger partial charge on any atom is -0.436 e. The van der Waals surface area contributed by atoms with Crippen LogP contribution >= 0.6 is 0 Å². The molecule has 3 aromatic heterocycles. The number of nitrogen functional groups attached to an aromatic ring is 1. The molecule has 0 bridgehead atoms. The van der Waals surface area contributed by atoms with E-state index in [1.807, 2.05) is 28.5 Å². The second-order valence-electron chi connectivity index (χ2n) is 9.05. The Bertz CT molecular complexity index is 1750. The van der Waals surface area contributed by atoms with E-state index in [1.54, 1.807) is 43.3 Å². The van der Waals surface area contributed by atoms with Crippen molar-refractivity contribution in [2.75, 3.05) is 17.2 Å². The van der Waals surface area contributed by atoms with Crippen molar-refractivity contribution in [1.29, 1.82) is 0 Å². The van der Waals surface area contributed by atoms with Gasteiger partial charge in [-0.3, -0.25) is 10.1 Å². The first-order valence-electron chi connectivity index (χ1n) is 11.9. The zero-order valence-electron chi connectivity index (χ0n) is 20.6. The topological polar surface area (TPSA) is 125 Å². The molecule has 11 heteroatoms. The van der Waals surface area contributed by atoms with Crippen LogP contribution in [0.1, 0.15) is 11.3 Å². The van der Waals surface area contributed by atoms with Crippen molar-refractivity contribution in [3.8, 4) is 22.8 Å². The maximum absolute atomic E-state index is 15.4. The molecule has 2 N–H and O–H groups in total. The molecule has 0 saturated carbocycles. The Morgan fingerprint density at radius 2 is 1.92 bits per heavy atom. The van der Waals surface area contributed by atoms with Crippen molar-refractivity contribution < 1.29 is 14.1 Å². The molecule has 2 aromatic carbocycles. The van der Waals surface area contributed by atoms with Gasteiger partial charge in [0, 0.05) is 47.7 Å². The van der Waals surface area contributed by atoms with Crippen LogP contribution in [0.5, 0.6) is 11.6 Å². The first-order valence-corrected chi connectivity index (χ1v) is 11.9. The number of pyridine rings is 1. The Hall–Kier alpha value is -5.06. The maximum atomic E-state index is 15.4. The Morgan fingerprint density at radius 3 is 2.68 bits per heavy atom. The highest BCUT2D eigenvalue weighted by Gasteiger charge is 2.32. The van der Waals surface area contributed by atoms with Crippen LogP contribution in [0.4, 0.5) is 27.4 Å². The van der Waals surface area contributed by atoms with Crippen LogP contribution in [-0.4, -0.2) is 31.0 Å². The van der Waals surface area contributed by atoms with E-state index in [9.17, 15) is 10.1 Å². The van der Waals surface area contributed by atoms with Crippen molar-refractivity contribution in [3.05, 3.63) is 88.1 Å². The molecule has 0 unspecified atom stereocenters. The molecule has 1 aliphatic rings. The smallest absolute Gasteiger partial charge is 0.274 e. The van der Waals surface area contributed by atoms with Gasteiger partial charge in [0.05, 0.1) is 10.3 Å². The van der Waals surface area contributed by atoms with E-state index in [0.29, 0.717) is 52.3 Å². The van der Waals surface area contributed by atoms with Gasteiger partial charge in [-0.15, -0.1) is 0 Å². The lowest BCUT2D eigenvalue weighted by Crippen LogP contribution is -2.14. The molecule has 0 saturated heterocycles. The van der Waals surface area contributed by atoms with Crippen molar-refractivity contribution in [3.63, 3.8) is 0 Å². The number of halogens is 1. The third-order valence-electron chi connectivity index (χ3n) is 6.64. The number of aryl methyl sites for hydroxylation is 2. The Kier molecular flexibility index (Phi) is 5.41. The van der Waals surface area contributed by atoms with E-state index >= 15 is 4.39 Å². The van der Waals surface area contributed by atoms with Crippen LogP contribution in [-0.2, 0) is 6.54 Å². The van der Waals surface area contributed by atoms with E-state index in [0.717, 1.165) is 5.69 Å². The monoisotopic (exact) mass is 511 g/mol. The van der Waals surface area contributed by atoms with Gasteiger partial charge < -0.3 is 19.9 Å². The summed E-state index contributed by atoms with van der Waals surface area (Å²) in [6.07, 6.45) is 1.39. The van der Waals surface area contributed by atoms with Gasteiger partial charge in [0.25, 0.3) is 5.69 Å². The van der Waals surface area contributed by atoms with Crippen LogP contribution in [0.25, 0.3) is 22.2 Å². The predicted molar refractivity (Wildman–Crippen MR) is 141 cm³/mol. The van der Waals surface area contributed by atoms with Gasteiger partial charge >= 0.3 is 0 Å². The van der Waals surface area contributed by atoms with Gasteiger partial charge in [-0.25, -0.2) is 19.3 Å². The number of rotatable bonds is 5. The van der Waals surface area contributed by atoms with Crippen LogP contribution in [0.3, 0.4) is 0 Å². The van der Waals surface area contributed by atoms with Crippen molar-refractivity contribution >= 4 is 34.0 Å². The van der Waals surface area contributed by atoms with Crippen molar-refractivity contribution in [2.45, 2.75) is 20.4 Å². The first kappa shape index (κ1) is 23.3. The summed E-state index contributed by atoms with van der Waals surface area (Å²) in [6.45, 7) is 4.63. The molecule has 38 heavy (non-hydrogen) atoms. The molecule has 0 aliphatic carbocycles. The van der Waals surface area contributed by atoms with Crippen molar-refractivity contribution in [1.82, 2.24) is 19.5 Å². The number of fused-ring (bicyclic) bond motifs is 3. The summed E-state index contributed by atoms with van der Waals surface area (Å²) >= 11 is 0. The number of hydrogen-bond donors (Lipinski definition) is 1. The number of nitrogens with two attached hydrogens (primary N) is 1. The van der Waals surface area contributed by atoms with E-state index in [-0.39, 0.29) is 23.1 Å². The highest BCUT2D eigenvalue weighted by molar-refractivity contribution is 6.08. The second-order valence-corrected chi connectivity index (χ2v) is 9.05. The normalized spacial score (nSPS) is 12.7. The number of benzene rings is 2. The first-order chi connectivity index (χ1) is 18.3. The number of ether oxygens (including phenoxy) is 1. The number of aromatic nitrogens is 4. The van der Waals surface area contributed by atoms with E-state index < -0.39 is 10.7 Å². The number of hydrogen-bond acceptors (Lipinski definition) is 8. The number of anilines is 3. The molecule has 0 fully saturated rings. The summed E-state index contributed by atoms with van der Waals surface area (Å²) in [5.74, 6) is 0.703. The summed E-state index contributed by atoms with van der Waals surface area (Å²) in [7, 11) is 0. The number of nitrogens with zero attached hydrogens (tertiary/aromatic N) is 6. The van der Waals surface area contributed by atoms with E-state index in [2.05, 4.69) is 15.0 Å². The number of nitro groups is 1. The van der Waals surface area contributed by atoms with E-state index in [4.69, 9.17) is 10.5 Å². The zero-order chi connectivity index (χ0) is 26.6. The standard InChI is InChI=1S/C27H22FN7O3/c1-15-6-8-18(13-20(15)35(36)37)33-10-11-34-26-24(25(29)30-14-31-26)23(27(33)34)17-7-9-21(19(28)12-17)38-22-5-3-4-16(2)32-22/h3-9,12-14H,10-11H2,1-2H3,(H2,29,30,31). The fourth-order valence-electron chi connectivity index (χ4n) is 4.89. The lowest BCUT2D eigenvalue weighted by Gasteiger charge is -2.20. The Balaban J connectivity index is 1.51. The quantitative estimate of drug-likeness (QED) is 0.236. The fraction of sp³-hybridized carbons (Fsp3) is 0.148. The maximum Gasteiger partial charge on any atom is 0.274 e. The van der Waals surface area contributed by atoms with Gasteiger partial charge in [-0.05, 0) is 43.7 Å². The largest absolute Gasteiger partial charge is 0.436 e. The Labute approximate surface area is 216 Å². The molecule has 0 radical (unpaired) electrons. The molecule has 10 nitrogen and oxygen atoms in total. The van der Waals surface area contributed by atoms with Crippen LogP contribution in [0, 0.1) is 29.8 Å². The summed E-state index contributed by atoms with van der Waals surface area (Å²) < 4.78 is 23.0. The minimum atomic E-state index is -0.579. The third-order valence-corrected chi connectivity index (χ3v) is 6.64. The van der Waals surface area contributed by atoms with Gasteiger partial charge in [-0.2, -0.15) is 0 Å². The summed E-state index contributed by atoms with van der Waals surface area (Å²) in [5.41, 5.74) is 10.1. The molecular formula is C27H22FN7O3. The molecule has 5 aromatic rings. The van der Waals surface area contributed by atoms with Gasteiger partial charge in [0.2, 0.25) is 5.88 Å². The summed E-state index contributed by atoms with van der Waals surface area (Å²) in [5, 5.41) is 12.2. The lowest BCUT2D eigenvalue weighted by molar-refractivity contribution is -0.385. The second kappa shape index (κ2) is 8.80. The Morgan fingerprint density at radius 1 is 1.08 bits per heavy atom. The number of nitro benzene ring substituents is 1. The molecule has 1 aliphatic heterocycles. The molecule has 4 heterocycles. The highest BCUT2D eigenvalue weighted by atomic mass is 19.1. The lowest BCUT2D eigenvalue weighted by atomic mass is 10.0. The highest BCUT2D eigenvalue weighted by Crippen LogP contribution is 2.47. The SMILES string of the molecule is Cc1cccc(Oc2ccc(-c3c4n(c5ncnc(N)c35)CCN4c3ccc(C)c([N+](=O)[O-])c3)cc2F)n1. The van der Waals surface area contributed by atoms with Crippen LogP contribution in [0.2, 0.25) is 0 Å². The minimum absolute atomic E-state index is 0.0234. The average molecular weight is 512 g/mol. The molecule has 6 rings (SSSR count). The van der Waals surface area contributed by atoms with Gasteiger partial charge in [0.15, 0.2) is 11.6 Å². The van der Waals surface area contributed by atoms with E-state index in [1.165, 1.54) is 12.4 Å². The molecule has 190 valence electrons. The molecular weight excluding hydrogens is 489 g/mol. The summed E-state index contributed by atoms with van der Waals surface area (Å²) in [6, 6.07) is 15.0. The van der Waals surface area contributed by atoms with Crippen LogP contribution in [0.15, 0.2) is 60.9 Å². The van der Waals surface area contributed by atoms with Gasteiger partial charge in [0.1, 0.15) is 23.6 Å². The molecule has 0 spiro atoms. The zero-order valence-corrected chi connectivity index (χ0v) is 20.6.